The van der Waals surface area contributed by atoms with E-state index in [-0.39, 0.29) is 18.1 Å². The summed E-state index contributed by atoms with van der Waals surface area (Å²) in [5.41, 5.74) is 0.639. The molecule has 1 rings (SSSR count). The molecule has 1 aromatic carbocycles. The van der Waals surface area contributed by atoms with Gasteiger partial charge in [-0.15, -0.1) is 0 Å². The highest BCUT2D eigenvalue weighted by Crippen LogP contribution is 2.07. The average Bonchev–Trinajstić information content (AvgIpc) is 2.29. The van der Waals surface area contributed by atoms with Crippen LogP contribution in [-0.4, -0.2) is 26.6 Å². The Hall–Kier alpha value is -0.970. The van der Waals surface area contributed by atoms with Crippen LogP contribution in [0.4, 0.5) is 4.39 Å². The predicted octanol–water partition coefficient (Wildman–Crippen LogP) is 1.92. The number of nitrogens with one attached hydrogen (secondary N) is 1. The summed E-state index contributed by atoms with van der Waals surface area (Å²) in [5.74, 6) is -0.200. The molecule has 90 valence electrons. The Morgan fingerprint density at radius 1 is 1.25 bits per heavy atom. The minimum Gasteiger partial charge on any atom is -0.354 e. The van der Waals surface area contributed by atoms with E-state index in [1.54, 1.807) is 26.4 Å². The molecule has 1 atom stereocenters. The molecule has 0 aliphatic carbocycles. The first-order valence-electron chi connectivity index (χ1n) is 5.21. The Bertz CT molecular complexity index is 316. The van der Waals surface area contributed by atoms with Gasteiger partial charge in [-0.05, 0) is 13.0 Å². The quantitative estimate of drug-likeness (QED) is 0.753. The zero-order valence-electron chi connectivity index (χ0n) is 9.87. The molecule has 4 heteroatoms. The fourth-order valence-corrected chi connectivity index (χ4v) is 1.51. The molecule has 16 heavy (non-hydrogen) atoms. The van der Waals surface area contributed by atoms with E-state index in [0.717, 1.165) is 0 Å². The zero-order chi connectivity index (χ0) is 12.0. The maximum atomic E-state index is 13.3. The SMILES string of the molecule is COC(OC)[C@H](C)NCc1ccccc1F. The lowest BCUT2D eigenvalue weighted by Gasteiger charge is -2.22. The van der Waals surface area contributed by atoms with Crippen LogP contribution in [0.2, 0.25) is 0 Å². The van der Waals surface area contributed by atoms with E-state index in [1.807, 2.05) is 13.0 Å². The smallest absolute Gasteiger partial charge is 0.171 e. The molecule has 0 heterocycles. The average molecular weight is 227 g/mol. The molecule has 1 aromatic rings. The fourth-order valence-electron chi connectivity index (χ4n) is 1.51. The van der Waals surface area contributed by atoms with Gasteiger partial charge in [-0.1, -0.05) is 18.2 Å². The highest BCUT2D eigenvalue weighted by molar-refractivity contribution is 5.16. The van der Waals surface area contributed by atoms with Gasteiger partial charge in [-0.3, -0.25) is 0 Å². The minimum absolute atomic E-state index is 0.00499. The van der Waals surface area contributed by atoms with E-state index in [4.69, 9.17) is 9.47 Å². The van der Waals surface area contributed by atoms with E-state index in [0.29, 0.717) is 12.1 Å². The second kappa shape index (κ2) is 6.58. The topological polar surface area (TPSA) is 30.5 Å². The van der Waals surface area contributed by atoms with Gasteiger partial charge in [0.2, 0.25) is 0 Å². The first kappa shape index (κ1) is 13.1. The van der Waals surface area contributed by atoms with Gasteiger partial charge < -0.3 is 14.8 Å². The van der Waals surface area contributed by atoms with Crippen LogP contribution in [0.25, 0.3) is 0 Å². The predicted molar refractivity (Wildman–Crippen MR) is 60.5 cm³/mol. The van der Waals surface area contributed by atoms with Gasteiger partial charge in [-0.25, -0.2) is 4.39 Å². The summed E-state index contributed by atoms with van der Waals surface area (Å²) in [6, 6.07) is 6.69. The largest absolute Gasteiger partial charge is 0.354 e. The van der Waals surface area contributed by atoms with Gasteiger partial charge in [-0.2, -0.15) is 0 Å². The van der Waals surface area contributed by atoms with Crippen molar-refractivity contribution in [1.82, 2.24) is 5.32 Å². The van der Waals surface area contributed by atoms with Crippen LogP contribution < -0.4 is 5.32 Å². The van der Waals surface area contributed by atoms with Crippen LogP contribution in [0, 0.1) is 5.82 Å². The Morgan fingerprint density at radius 2 is 1.88 bits per heavy atom. The third-order valence-electron chi connectivity index (χ3n) is 2.45. The normalized spacial score (nSPS) is 13.1. The molecule has 0 aromatic heterocycles. The lowest BCUT2D eigenvalue weighted by atomic mass is 10.2. The van der Waals surface area contributed by atoms with Crippen molar-refractivity contribution in [2.24, 2.45) is 0 Å². The number of rotatable bonds is 6. The standard InChI is InChI=1S/C12H18FNO2/c1-9(12(15-2)16-3)14-8-10-6-4-5-7-11(10)13/h4-7,9,12,14H,8H2,1-3H3/t9-/m0/s1. The minimum atomic E-state index is -0.327. The molecule has 1 N–H and O–H groups in total. The molecular formula is C12H18FNO2. The molecule has 0 aliphatic heterocycles. The number of ether oxygens (including phenoxy) is 2. The fraction of sp³-hybridized carbons (Fsp3) is 0.500. The van der Waals surface area contributed by atoms with Gasteiger partial charge in [0.25, 0.3) is 0 Å². The summed E-state index contributed by atoms with van der Waals surface area (Å²) in [5, 5.41) is 3.15. The summed E-state index contributed by atoms with van der Waals surface area (Å²) in [7, 11) is 3.16. The molecule has 0 amide bonds. The third-order valence-corrected chi connectivity index (χ3v) is 2.45. The van der Waals surface area contributed by atoms with E-state index >= 15 is 0 Å². The number of halogens is 1. The second-order valence-electron chi connectivity index (χ2n) is 3.60. The number of hydrogen-bond acceptors (Lipinski definition) is 3. The maximum Gasteiger partial charge on any atom is 0.171 e. The van der Waals surface area contributed by atoms with Gasteiger partial charge in [0.1, 0.15) is 5.82 Å². The summed E-state index contributed by atoms with van der Waals surface area (Å²) >= 11 is 0. The molecule has 0 fully saturated rings. The van der Waals surface area contributed by atoms with Crippen LogP contribution in [-0.2, 0) is 16.0 Å². The van der Waals surface area contributed by atoms with Crippen molar-refractivity contribution in [3.63, 3.8) is 0 Å². The van der Waals surface area contributed by atoms with Crippen molar-refractivity contribution in [2.45, 2.75) is 25.8 Å². The highest BCUT2D eigenvalue weighted by atomic mass is 19.1. The summed E-state index contributed by atoms with van der Waals surface area (Å²) in [6.45, 7) is 2.38. The van der Waals surface area contributed by atoms with Crippen LogP contribution in [0.1, 0.15) is 12.5 Å². The summed E-state index contributed by atoms with van der Waals surface area (Å²) < 4.78 is 23.5. The van der Waals surface area contributed by atoms with Gasteiger partial charge in [0.15, 0.2) is 6.29 Å². The first-order valence-corrected chi connectivity index (χ1v) is 5.21. The zero-order valence-corrected chi connectivity index (χ0v) is 9.87. The van der Waals surface area contributed by atoms with E-state index < -0.39 is 0 Å². The first-order chi connectivity index (χ1) is 7.69. The van der Waals surface area contributed by atoms with Crippen LogP contribution in [0.15, 0.2) is 24.3 Å². The van der Waals surface area contributed by atoms with Crippen LogP contribution in [0.3, 0.4) is 0 Å². The highest BCUT2D eigenvalue weighted by Gasteiger charge is 2.15. The van der Waals surface area contributed by atoms with Crippen molar-refractivity contribution in [3.05, 3.63) is 35.6 Å². The summed E-state index contributed by atoms with van der Waals surface area (Å²) in [6.07, 6.45) is -0.327. The van der Waals surface area contributed by atoms with Crippen molar-refractivity contribution in [1.29, 1.82) is 0 Å². The van der Waals surface area contributed by atoms with Gasteiger partial charge in [0.05, 0.1) is 6.04 Å². The Labute approximate surface area is 95.6 Å². The molecule has 0 unspecified atom stereocenters. The Kier molecular flexibility index (Phi) is 5.38. The van der Waals surface area contributed by atoms with Gasteiger partial charge in [0, 0.05) is 26.3 Å². The van der Waals surface area contributed by atoms with Crippen molar-refractivity contribution >= 4 is 0 Å². The summed E-state index contributed by atoms with van der Waals surface area (Å²) in [4.78, 5) is 0. The van der Waals surface area contributed by atoms with Crippen molar-refractivity contribution in [2.75, 3.05) is 14.2 Å². The number of hydrogen-bond donors (Lipinski definition) is 1. The van der Waals surface area contributed by atoms with E-state index in [1.165, 1.54) is 6.07 Å². The molecular weight excluding hydrogens is 209 g/mol. The molecule has 0 bridgehead atoms. The third kappa shape index (κ3) is 3.56. The van der Waals surface area contributed by atoms with Crippen LogP contribution in [0.5, 0.6) is 0 Å². The maximum absolute atomic E-state index is 13.3. The Morgan fingerprint density at radius 3 is 2.44 bits per heavy atom. The lowest BCUT2D eigenvalue weighted by molar-refractivity contribution is -0.119. The van der Waals surface area contributed by atoms with Crippen molar-refractivity contribution < 1.29 is 13.9 Å². The van der Waals surface area contributed by atoms with E-state index in [2.05, 4.69) is 5.32 Å². The molecule has 3 nitrogen and oxygen atoms in total. The second-order valence-corrected chi connectivity index (χ2v) is 3.60. The molecule has 0 aliphatic rings. The molecule has 0 spiro atoms. The van der Waals surface area contributed by atoms with Crippen molar-refractivity contribution in [3.8, 4) is 0 Å². The van der Waals surface area contributed by atoms with Crippen LogP contribution >= 0.6 is 0 Å². The van der Waals surface area contributed by atoms with E-state index in [9.17, 15) is 4.39 Å². The Balaban J connectivity index is 2.48. The molecule has 0 radical (unpaired) electrons. The lowest BCUT2D eigenvalue weighted by Crippen LogP contribution is -2.39. The van der Waals surface area contributed by atoms with Gasteiger partial charge >= 0.3 is 0 Å². The monoisotopic (exact) mass is 227 g/mol. The molecule has 0 saturated carbocycles. The number of benzene rings is 1. The molecule has 0 saturated heterocycles. The number of methoxy groups -OCH3 is 2.